The van der Waals surface area contributed by atoms with Gasteiger partial charge >= 0.3 is 0 Å². The van der Waals surface area contributed by atoms with Gasteiger partial charge in [0.1, 0.15) is 0 Å². The topological polar surface area (TPSA) is 51.0 Å². The van der Waals surface area contributed by atoms with Crippen LogP contribution in [0.1, 0.15) is 37.6 Å². The summed E-state index contributed by atoms with van der Waals surface area (Å²) in [5, 5.41) is 7.53. The van der Waals surface area contributed by atoms with E-state index in [4.69, 9.17) is 4.52 Å². The molecule has 96 valence electrons. The quantitative estimate of drug-likeness (QED) is 0.912. The van der Waals surface area contributed by atoms with Gasteiger partial charge in [0.2, 0.25) is 11.7 Å². The lowest BCUT2D eigenvalue weighted by Gasteiger charge is -2.09. The monoisotopic (exact) mass is 327 g/mol. The SMILES string of the molecule is Brc1ccc(-c2noc(C3CCCCCN3)n2)s1. The molecular weight excluding hydrogens is 314 g/mol. The summed E-state index contributed by atoms with van der Waals surface area (Å²) in [5.74, 6) is 1.41. The van der Waals surface area contributed by atoms with Gasteiger partial charge in [0.25, 0.3) is 0 Å². The minimum Gasteiger partial charge on any atom is -0.337 e. The van der Waals surface area contributed by atoms with Crippen LogP contribution >= 0.6 is 27.3 Å². The van der Waals surface area contributed by atoms with Crippen LogP contribution < -0.4 is 5.32 Å². The summed E-state index contributed by atoms with van der Waals surface area (Å²) in [6.45, 7) is 1.03. The smallest absolute Gasteiger partial charge is 0.244 e. The Morgan fingerprint density at radius 2 is 2.28 bits per heavy atom. The molecule has 2 aromatic heterocycles. The highest BCUT2D eigenvalue weighted by molar-refractivity contribution is 9.11. The van der Waals surface area contributed by atoms with Crippen molar-refractivity contribution in [1.29, 1.82) is 0 Å². The van der Waals surface area contributed by atoms with E-state index in [-0.39, 0.29) is 6.04 Å². The molecule has 3 rings (SSSR count). The van der Waals surface area contributed by atoms with Gasteiger partial charge in [-0.15, -0.1) is 11.3 Å². The molecule has 0 saturated carbocycles. The first-order valence-electron chi connectivity index (χ1n) is 6.15. The van der Waals surface area contributed by atoms with Gasteiger partial charge in [-0.3, -0.25) is 0 Å². The van der Waals surface area contributed by atoms with Crippen LogP contribution in [0.3, 0.4) is 0 Å². The Morgan fingerprint density at radius 1 is 1.33 bits per heavy atom. The van der Waals surface area contributed by atoms with E-state index >= 15 is 0 Å². The molecule has 1 atom stereocenters. The molecule has 1 aliphatic heterocycles. The molecule has 0 amide bonds. The number of rotatable bonds is 2. The number of nitrogens with one attached hydrogen (secondary N) is 1. The molecule has 1 unspecified atom stereocenters. The van der Waals surface area contributed by atoms with Crippen LogP contribution in [-0.2, 0) is 0 Å². The summed E-state index contributed by atoms with van der Waals surface area (Å²) >= 11 is 5.06. The van der Waals surface area contributed by atoms with E-state index in [0.717, 1.165) is 27.5 Å². The van der Waals surface area contributed by atoms with Crippen LogP contribution in [0.15, 0.2) is 20.4 Å². The summed E-state index contributed by atoms with van der Waals surface area (Å²) in [4.78, 5) is 5.54. The largest absolute Gasteiger partial charge is 0.337 e. The van der Waals surface area contributed by atoms with Gasteiger partial charge in [-0.25, -0.2) is 0 Å². The van der Waals surface area contributed by atoms with Gasteiger partial charge in [-0.2, -0.15) is 4.98 Å². The Bertz CT molecular complexity index is 517. The highest BCUT2D eigenvalue weighted by Crippen LogP contribution is 2.30. The first-order valence-corrected chi connectivity index (χ1v) is 7.76. The molecule has 0 aliphatic carbocycles. The number of thiophene rings is 1. The lowest BCUT2D eigenvalue weighted by molar-refractivity contribution is 0.327. The molecule has 3 heterocycles. The lowest BCUT2D eigenvalue weighted by Crippen LogP contribution is -2.20. The third-order valence-corrected chi connectivity index (χ3v) is 4.71. The zero-order valence-electron chi connectivity index (χ0n) is 9.86. The Labute approximate surface area is 118 Å². The second-order valence-electron chi connectivity index (χ2n) is 4.42. The van der Waals surface area contributed by atoms with Crippen molar-refractivity contribution in [2.24, 2.45) is 0 Å². The number of nitrogens with zero attached hydrogens (tertiary/aromatic N) is 2. The van der Waals surface area contributed by atoms with E-state index in [1.54, 1.807) is 11.3 Å². The fourth-order valence-electron chi connectivity index (χ4n) is 2.15. The second kappa shape index (κ2) is 5.50. The Balaban J connectivity index is 1.80. The number of halogens is 1. The Hall–Kier alpha value is -0.720. The van der Waals surface area contributed by atoms with Crippen molar-refractivity contribution in [2.45, 2.75) is 31.7 Å². The summed E-state index contributed by atoms with van der Waals surface area (Å²) < 4.78 is 6.47. The van der Waals surface area contributed by atoms with Gasteiger partial charge in [0.05, 0.1) is 14.7 Å². The third-order valence-electron chi connectivity index (χ3n) is 3.09. The van der Waals surface area contributed by atoms with Gasteiger partial charge in [0.15, 0.2) is 0 Å². The molecule has 2 aromatic rings. The Morgan fingerprint density at radius 3 is 3.11 bits per heavy atom. The third kappa shape index (κ3) is 2.65. The van der Waals surface area contributed by atoms with Crippen molar-refractivity contribution in [1.82, 2.24) is 15.5 Å². The number of hydrogen-bond donors (Lipinski definition) is 1. The minimum absolute atomic E-state index is 0.220. The van der Waals surface area contributed by atoms with Gasteiger partial charge < -0.3 is 9.84 Å². The molecule has 0 radical (unpaired) electrons. The van der Waals surface area contributed by atoms with E-state index in [1.807, 2.05) is 12.1 Å². The predicted molar refractivity (Wildman–Crippen MR) is 74.5 cm³/mol. The summed E-state index contributed by atoms with van der Waals surface area (Å²) in [7, 11) is 0. The zero-order valence-corrected chi connectivity index (χ0v) is 12.3. The van der Waals surface area contributed by atoms with E-state index < -0.39 is 0 Å². The molecule has 1 fully saturated rings. The van der Waals surface area contributed by atoms with Crippen molar-refractivity contribution in [3.63, 3.8) is 0 Å². The molecule has 6 heteroatoms. The van der Waals surface area contributed by atoms with Gasteiger partial charge in [-0.1, -0.05) is 18.0 Å². The molecule has 1 aliphatic rings. The summed E-state index contributed by atoms with van der Waals surface area (Å²) in [5.41, 5.74) is 0. The number of aromatic nitrogens is 2. The predicted octanol–water partition coefficient (Wildman–Crippen LogP) is 3.77. The highest BCUT2D eigenvalue weighted by atomic mass is 79.9. The zero-order chi connectivity index (χ0) is 12.4. The maximum atomic E-state index is 5.39. The lowest BCUT2D eigenvalue weighted by atomic mass is 10.1. The van der Waals surface area contributed by atoms with Crippen molar-refractivity contribution in [2.75, 3.05) is 6.54 Å². The first kappa shape index (κ1) is 12.3. The second-order valence-corrected chi connectivity index (χ2v) is 6.88. The van der Waals surface area contributed by atoms with Crippen molar-refractivity contribution in [3.05, 3.63) is 21.8 Å². The van der Waals surface area contributed by atoms with Crippen LogP contribution in [-0.4, -0.2) is 16.7 Å². The van der Waals surface area contributed by atoms with E-state index in [1.165, 1.54) is 19.3 Å². The molecule has 0 spiro atoms. The molecule has 1 saturated heterocycles. The van der Waals surface area contributed by atoms with Crippen molar-refractivity contribution >= 4 is 27.3 Å². The van der Waals surface area contributed by atoms with Crippen molar-refractivity contribution < 1.29 is 4.52 Å². The molecular formula is C12H14BrN3OS. The van der Waals surface area contributed by atoms with Gasteiger partial charge in [0, 0.05) is 0 Å². The van der Waals surface area contributed by atoms with E-state index in [9.17, 15) is 0 Å². The van der Waals surface area contributed by atoms with Crippen molar-refractivity contribution in [3.8, 4) is 10.7 Å². The average molecular weight is 328 g/mol. The fraction of sp³-hybridized carbons (Fsp3) is 0.500. The fourth-order valence-corrected chi connectivity index (χ4v) is 3.46. The highest BCUT2D eigenvalue weighted by Gasteiger charge is 2.20. The molecule has 0 aromatic carbocycles. The normalized spacial score (nSPS) is 20.8. The summed E-state index contributed by atoms with van der Waals surface area (Å²) in [6, 6.07) is 4.22. The maximum Gasteiger partial charge on any atom is 0.244 e. The average Bonchev–Trinajstić information content (AvgIpc) is 2.92. The van der Waals surface area contributed by atoms with Crippen LogP contribution in [0.2, 0.25) is 0 Å². The van der Waals surface area contributed by atoms with Crippen LogP contribution in [0.25, 0.3) is 10.7 Å². The first-order chi connectivity index (χ1) is 8.83. The van der Waals surface area contributed by atoms with E-state index in [0.29, 0.717) is 5.82 Å². The molecule has 18 heavy (non-hydrogen) atoms. The Kier molecular flexibility index (Phi) is 3.77. The molecule has 0 bridgehead atoms. The molecule has 4 nitrogen and oxygen atoms in total. The maximum absolute atomic E-state index is 5.39. The van der Waals surface area contributed by atoms with Crippen LogP contribution in [0.4, 0.5) is 0 Å². The minimum atomic E-state index is 0.220. The van der Waals surface area contributed by atoms with Gasteiger partial charge in [-0.05, 0) is 47.4 Å². The molecule has 1 N–H and O–H groups in total. The van der Waals surface area contributed by atoms with Crippen LogP contribution in [0.5, 0.6) is 0 Å². The number of hydrogen-bond acceptors (Lipinski definition) is 5. The standard InChI is InChI=1S/C12H14BrN3OS/c13-10-6-5-9(18-10)11-15-12(17-16-11)8-4-2-1-3-7-14-8/h5-6,8,14H,1-4,7H2. The van der Waals surface area contributed by atoms with E-state index in [2.05, 4.69) is 31.4 Å². The summed E-state index contributed by atoms with van der Waals surface area (Å²) in [6.07, 6.45) is 4.81. The van der Waals surface area contributed by atoms with Crippen LogP contribution in [0, 0.1) is 0 Å².